The van der Waals surface area contributed by atoms with Gasteiger partial charge in [-0.05, 0) is 83.5 Å². The highest BCUT2D eigenvalue weighted by Gasteiger charge is 2.46. The van der Waals surface area contributed by atoms with Gasteiger partial charge in [-0.3, -0.25) is 14.1 Å². The maximum absolute atomic E-state index is 12.8. The number of hydrogen-bond donors (Lipinski definition) is 4. The lowest BCUT2D eigenvalue weighted by Crippen LogP contribution is -2.60. The molecule has 0 radical (unpaired) electrons. The second-order valence-electron chi connectivity index (χ2n) is 16.0. The summed E-state index contributed by atoms with van der Waals surface area (Å²) in [5.74, 6) is -2.12. The zero-order valence-electron chi connectivity index (χ0n) is 38.8. The van der Waals surface area contributed by atoms with E-state index in [2.05, 4.69) is 92.8 Å². The van der Waals surface area contributed by atoms with Crippen LogP contribution >= 0.6 is 0 Å². The molecule has 0 amide bonds. The first-order chi connectivity index (χ1) is 31.0. The Labute approximate surface area is 385 Å². The smallest absolute Gasteiger partial charge is 0.306 e. The van der Waals surface area contributed by atoms with Crippen molar-refractivity contribution in [3.05, 3.63) is 97.2 Å². The van der Waals surface area contributed by atoms with Crippen LogP contribution in [0.5, 0.6) is 0 Å². The number of carbonyl (C=O) groups is 2. The maximum atomic E-state index is 12.8. The fourth-order valence-corrected chi connectivity index (χ4v) is 7.19. The molecule has 0 saturated carbocycles. The number of allylic oxidation sites excluding steroid dienone is 16. The minimum atomic E-state index is -4.62. The molecule has 12 nitrogen and oxygen atoms in total. The number of carbonyl (C=O) groups excluding carboxylic acids is 2. The van der Waals surface area contributed by atoms with Gasteiger partial charge in [0.15, 0.2) is 12.4 Å². The van der Waals surface area contributed by atoms with Gasteiger partial charge in [0.25, 0.3) is 10.1 Å². The monoisotopic (exact) mass is 919 g/mol. The summed E-state index contributed by atoms with van der Waals surface area (Å²) in [5, 5.41) is 30.9. The topological polar surface area (TPSA) is 186 Å². The highest BCUT2D eigenvalue weighted by atomic mass is 32.2. The molecule has 364 valence electrons. The van der Waals surface area contributed by atoms with E-state index in [4.69, 9.17) is 18.9 Å². The number of unbranched alkanes of at least 4 members (excludes halogenated alkanes) is 10. The summed E-state index contributed by atoms with van der Waals surface area (Å²) in [6, 6.07) is 0. The van der Waals surface area contributed by atoms with Crippen LogP contribution in [0.4, 0.5) is 0 Å². The van der Waals surface area contributed by atoms with Crippen molar-refractivity contribution in [2.45, 2.75) is 192 Å². The highest BCUT2D eigenvalue weighted by Crippen LogP contribution is 2.24. The first-order valence-corrected chi connectivity index (χ1v) is 25.4. The average Bonchev–Trinajstić information content (AvgIpc) is 3.26. The SMILES string of the molecule is CC/C=C\C/C=C\C/C=C\C/C=C\C/C=C\C/C=C\CCC(=O)OC(COC(=O)CCCCCCCCC/C=C\C/C=C\CCCCC)COC1OC(CS(=O)(=O)O)C(O)C(O)C1O. The van der Waals surface area contributed by atoms with Crippen LogP contribution in [0.15, 0.2) is 97.2 Å². The van der Waals surface area contributed by atoms with Crippen LogP contribution < -0.4 is 0 Å². The minimum Gasteiger partial charge on any atom is -0.462 e. The van der Waals surface area contributed by atoms with Crippen LogP contribution in [0, 0.1) is 0 Å². The Kier molecular flexibility index (Phi) is 36.5. The fraction of sp³-hybridized carbons (Fsp3) is 0.647. The van der Waals surface area contributed by atoms with Crippen molar-refractivity contribution in [1.29, 1.82) is 0 Å². The van der Waals surface area contributed by atoms with E-state index in [0.29, 0.717) is 19.3 Å². The second-order valence-corrected chi connectivity index (χ2v) is 17.5. The first-order valence-electron chi connectivity index (χ1n) is 23.8. The van der Waals surface area contributed by atoms with Crippen LogP contribution in [0.1, 0.15) is 155 Å². The van der Waals surface area contributed by atoms with Crippen molar-refractivity contribution in [2.24, 2.45) is 0 Å². The molecule has 6 atom stereocenters. The van der Waals surface area contributed by atoms with E-state index in [0.717, 1.165) is 70.6 Å². The summed E-state index contributed by atoms with van der Waals surface area (Å²) in [4.78, 5) is 25.4. The fourth-order valence-electron chi connectivity index (χ4n) is 6.50. The predicted molar refractivity (Wildman–Crippen MR) is 256 cm³/mol. The van der Waals surface area contributed by atoms with Crippen molar-refractivity contribution in [1.82, 2.24) is 0 Å². The number of rotatable bonds is 38. The third kappa shape index (κ3) is 34.0. The van der Waals surface area contributed by atoms with Crippen LogP contribution in [-0.2, 0) is 38.7 Å². The number of ether oxygens (including phenoxy) is 4. The van der Waals surface area contributed by atoms with Crippen LogP contribution in [0.25, 0.3) is 0 Å². The minimum absolute atomic E-state index is 0.0318. The van der Waals surface area contributed by atoms with Crippen LogP contribution in [0.2, 0.25) is 0 Å². The molecule has 1 fully saturated rings. The Morgan fingerprint density at radius 1 is 0.547 bits per heavy atom. The molecule has 1 saturated heterocycles. The molecule has 0 spiro atoms. The zero-order valence-corrected chi connectivity index (χ0v) is 39.7. The summed E-state index contributed by atoms with van der Waals surface area (Å²) < 4.78 is 54.0. The molecule has 0 aliphatic carbocycles. The molecular weight excluding hydrogens is 837 g/mol. The summed E-state index contributed by atoms with van der Waals surface area (Å²) in [5.41, 5.74) is 0. The van der Waals surface area contributed by atoms with E-state index in [1.807, 2.05) is 18.2 Å². The molecular formula is C51H82O12S. The van der Waals surface area contributed by atoms with Gasteiger partial charge in [-0.25, -0.2) is 0 Å². The van der Waals surface area contributed by atoms with Gasteiger partial charge >= 0.3 is 11.9 Å². The van der Waals surface area contributed by atoms with Crippen molar-refractivity contribution >= 4 is 22.1 Å². The third-order valence-corrected chi connectivity index (χ3v) is 10.9. The average molecular weight is 919 g/mol. The Morgan fingerprint density at radius 3 is 1.53 bits per heavy atom. The van der Waals surface area contributed by atoms with E-state index in [9.17, 15) is 37.9 Å². The van der Waals surface area contributed by atoms with Gasteiger partial charge in [0.2, 0.25) is 0 Å². The van der Waals surface area contributed by atoms with Gasteiger partial charge in [-0.2, -0.15) is 8.42 Å². The van der Waals surface area contributed by atoms with E-state index in [1.54, 1.807) is 0 Å². The Bertz CT molecular complexity index is 1540. The van der Waals surface area contributed by atoms with E-state index < -0.39 is 71.2 Å². The van der Waals surface area contributed by atoms with Crippen molar-refractivity contribution in [3.8, 4) is 0 Å². The number of aliphatic hydroxyl groups is 3. The molecule has 0 aromatic rings. The van der Waals surface area contributed by atoms with E-state index in [1.165, 1.54) is 38.5 Å². The summed E-state index contributed by atoms with van der Waals surface area (Å²) in [7, 11) is -4.62. The molecule has 1 rings (SSSR count). The Hall–Kier alpha value is -3.43. The maximum Gasteiger partial charge on any atom is 0.306 e. The number of hydrogen-bond acceptors (Lipinski definition) is 11. The lowest BCUT2D eigenvalue weighted by Gasteiger charge is -2.40. The molecule has 64 heavy (non-hydrogen) atoms. The summed E-state index contributed by atoms with van der Waals surface area (Å²) in [6.07, 6.45) is 44.6. The molecule has 0 aromatic carbocycles. The van der Waals surface area contributed by atoms with Gasteiger partial charge < -0.3 is 34.3 Å². The summed E-state index contributed by atoms with van der Waals surface area (Å²) in [6.45, 7) is 3.54. The highest BCUT2D eigenvalue weighted by molar-refractivity contribution is 7.85. The quantitative estimate of drug-likeness (QED) is 0.0199. The molecule has 1 aliphatic heterocycles. The molecule has 4 N–H and O–H groups in total. The Morgan fingerprint density at radius 2 is 1.02 bits per heavy atom. The number of aliphatic hydroxyl groups excluding tert-OH is 3. The third-order valence-electron chi connectivity index (χ3n) is 10.2. The lowest BCUT2D eigenvalue weighted by atomic mass is 10.00. The van der Waals surface area contributed by atoms with Gasteiger partial charge in [0.05, 0.1) is 6.61 Å². The molecule has 0 aromatic heterocycles. The predicted octanol–water partition coefficient (Wildman–Crippen LogP) is 10.2. The lowest BCUT2D eigenvalue weighted by molar-refractivity contribution is -0.297. The van der Waals surface area contributed by atoms with E-state index in [-0.39, 0.29) is 19.4 Å². The van der Waals surface area contributed by atoms with Gasteiger partial charge in [0, 0.05) is 12.8 Å². The molecule has 1 aliphatic rings. The zero-order chi connectivity index (χ0) is 46.9. The van der Waals surface area contributed by atoms with Gasteiger partial charge in [0.1, 0.15) is 36.8 Å². The number of esters is 2. The van der Waals surface area contributed by atoms with Crippen LogP contribution in [-0.4, -0.2) is 96.0 Å². The Balaban J connectivity index is 2.49. The summed E-state index contributed by atoms with van der Waals surface area (Å²) >= 11 is 0. The van der Waals surface area contributed by atoms with Crippen molar-refractivity contribution in [3.63, 3.8) is 0 Å². The van der Waals surface area contributed by atoms with Crippen LogP contribution in [0.3, 0.4) is 0 Å². The van der Waals surface area contributed by atoms with Gasteiger partial charge in [-0.15, -0.1) is 0 Å². The van der Waals surface area contributed by atoms with Crippen molar-refractivity contribution < 1.29 is 56.8 Å². The van der Waals surface area contributed by atoms with Gasteiger partial charge in [-0.1, -0.05) is 156 Å². The molecule has 13 heteroatoms. The first kappa shape index (κ1) is 58.6. The normalized spacial score (nSPS) is 20.5. The molecule has 6 unspecified atom stereocenters. The molecule has 1 heterocycles. The van der Waals surface area contributed by atoms with E-state index >= 15 is 0 Å². The second kappa shape index (κ2) is 39.9. The standard InChI is InChI=1S/C51H82O12S/c1-3-5-7-9-11-13-15-17-19-21-22-24-26-28-30-32-34-36-38-40-47(53)62-44(42-61-51-50(56)49(55)48(54)45(63-51)43-64(57,58)59)41-60-46(52)39-37-35-33-31-29-27-25-23-20-18-16-14-12-10-8-6-4-2/h5,7,11-14,17-20,22,24,28,30,34,36,44-45,48-51,54-56H,3-4,6,8-10,15-16,21,23,25-27,29,31-33,35,37-43H2,1-2H3,(H,57,58,59)/b7-5-,13-11-,14-12-,19-17-,20-18-,24-22-,30-28-,36-34-. The molecule has 0 bridgehead atoms. The van der Waals surface area contributed by atoms with Crippen molar-refractivity contribution in [2.75, 3.05) is 19.0 Å². The largest absolute Gasteiger partial charge is 0.462 e.